The lowest BCUT2D eigenvalue weighted by Gasteiger charge is -2.32. The minimum absolute atomic E-state index is 0.126. The Morgan fingerprint density at radius 1 is 1.03 bits per heavy atom. The number of carbonyl (C=O) groups excluding carboxylic acids is 1. The number of alkyl carbamates (subject to hydrolysis) is 1. The molecule has 6 nitrogen and oxygen atoms in total. The largest absolute Gasteiger partial charge is 0.444 e. The average molecular weight is 402 g/mol. The molecule has 0 aliphatic heterocycles. The van der Waals surface area contributed by atoms with Crippen molar-refractivity contribution in [1.29, 1.82) is 0 Å². The highest BCUT2D eigenvalue weighted by Crippen LogP contribution is 2.36. The van der Waals surface area contributed by atoms with Gasteiger partial charge in [0, 0.05) is 5.56 Å². The number of hydrogen-bond donors (Lipinski definition) is 1. The molecule has 1 heterocycles. The van der Waals surface area contributed by atoms with Crippen LogP contribution in [0.3, 0.4) is 0 Å². The molecule has 0 fully saturated rings. The number of hydrogen-bond acceptors (Lipinski definition) is 5. The van der Waals surface area contributed by atoms with Crippen molar-refractivity contribution in [1.82, 2.24) is 15.5 Å². The molecular weight excluding hydrogens is 366 g/mol. The Balaban J connectivity index is 1.96. The molecule has 2 rings (SSSR count). The SMILES string of the molecule is CC(C)(C)CC(C)(C)Cc1ccc(-c2noc(CNC(=O)OC(C)(C)C)n2)cc1. The third-order valence-corrected chi connectivity index (χ3v) is 4.15. The molecule has 1 aromatic carbocycles. The molecule has 29 heavy (non-hydrogen) atoms. The van der Waals surface area contributed by atoms with Crippen molar-refractivity contribution in [3.05, 3.63) is 35.7 Å². The maximum Gasteiger partial charge on any atom is 0.408 e. The molecule has 0 unspecified atom stereocenters. The molecule has 0 atom stereocenters. The Morgan fingerprint density at radius 2 is 1.66 bits per heavy atom. The van der Waals surface area contributed by atoms with E-state index in [0.717, 1.165) is 18.4 Å². The van der Waals surface area contributed by atoms with E-state index in [9.17, 15) is 4.79 Å². The van der Waals surface area contributed by atoms with Gasteiger partial charge in [0.1, 0.15) is 12.1 Å². The lowest BCUT2D eigenvalue weighted by Crippen LogP contribution is -2.32. The quantitative estimate of drug-likeness (QED) is 0.665. The first-order chi connectivity index (χ1) is 13.2. The van der Waals surface area contributed by atoms with Crippen molar-refractivity contribution in [2.75, 3.05) is 0 Å². The zero-order chi connectivity index (χ0) is 21.9. The lowest BCUT2D eigenvalue weighted by atomic mass is 9.73. The first-order valence-electron chi connectivity index (χ1n) is 10.1. The number of nitrogens with zero attached hydrogens (tertiary/aromatic N) is 2. The number of rotatable bonds is 6. The molecule has 6 heteroatoms. The second-order valence-corrected chi connectivity index (χ2v) is 10.6. The van der Waals surface area contributed by atoms with E-state index in [1.807, 2.05) is 32.9 Å². The molecule has 1 aromatic heterocycles. The molecule has 0 aliphatic rings. The van der Waals surface area contributed by atoms with Crippen LogP contribution in [0.15, 0.2) is 28.8 Å². The first-order valence-corrected chi connectivity index (χ1v) is 10.1. The Bertz CT molecular complexity index is 809. The van der Waals surface area contributed by atoms with Gasteiger partial charge in [0.2, 0.25) is 11.7 Å². The topological polar surface area (TPSA) is 77.2 Å². The van der Waals surface area contributed by atoms with Gasteiger partial charge in [0.05, 0.1) is 0 Å². The zero-order valence-electron chi connectivity index (χ0n) is 19.0. The summed E-state index contributed by atoms with van der Waals surface area (Å²) < 4.78 is 10.4. The number of aromatic nitrogens is 2. The van der Waals surface area contributed by atoms with Crippen LogP contribution in [-0.4, -0.2) is 21.8 Å². The van der Waals surface area contributed by atoms with Gasteiger partial charge in [0.15, 0.2) is 0 Å². The van der Waals surface area contributed by atoms with Crippen molar-refractivity contribution in [3.8, 4) is 11.4 Å². The molecule has 160 valence electrons. The number of carbonyl (C=O) groups is 1. The summed E-state index contributed by atoms with van der Waals surface area (Å²) in [4.78, 5) is 16.1. The van der Waals surface area contributed by atoms with Crippen LogP contribution in [0.4, 0.5) is 4.79 Å². The van der Waals surface area contributed by atoms with E-state index in [1.165, 1.54) is 5.56 Å². The number of benzene rings is 1. The molecule has 2 aromatic rings. The van der Waals surface area contributed by atoms with Gasteiger partial charge >= 0.3 is 6.09 Å². The minimum atomic E-state index is -0.548. The van der Waals surface area contributed by atoms with Crippen LogP contribution in [0.2, 0.25) is 0 Å². The molecule has 0 saturated heterocycles. The van der Waals surface area contributed by atoms with Gasteiger partial charge in [-0.2, -0.15) is 4.98 Å². The third-order valence-electron chi connectivity index (χ3n) is 4.15. The molecule has 1 N–H and O–H groups in total. The summed E-state index contributed by atoms with van der Waals surface area (Å²) in [6.45, 7) is 17.0. The normalized spacial score (nSPS) is 12.7. The summed E-state index contributed by atoms with van der Waals surface area (Å²) in [5.41, 5.74) is 2.16. The van der Waals surface area contributed by atoms with Crippen molar-refractivity contribution in [2.45, 2.75) is 80.4 Å². The van der Waals surface area contributed by atoms with E-state index < -0.39 is 11.7 Å². The van der Waals surface area contributed by atoms with E-state index in [0.29, 0.717) is 17.1 Å². The molecule has 0 radical (unpaired) electrons. The molecule has 0 bridgehead atoms. The van der Waals surface area contributed by atoms with Crippen molar-refractivity contribution < 1.29 is 14.1 Å². The molecule has 0 aliphatic carbocycles. The zero-order valence-corrected chi connectivity index (χ0v) is 19.0. The highest BCUT2D eigenvalue weighted by Gasteiger charge is 2.25. The maximum atomic E-state index is 11.7. The number of amides is 1. The highest BCUT2D eigenvalue weighted by atomic mass is 16.6. The Labute approximate surface area is 174 Å². The fourth-order valence-electron chi connectivity index (χ4n) is 3.73. The van der Waals surface area contributed by atoms with Crippen molar-refractivity contribution >= 4 is 6.09 Å². The molecular formula is C23H35N3O3. The van der Waals surface area contributed by atoms with E-state index in [2.05, 4.69) is 62.2 Å². The highest BCUT2D eigenvalue weighted by molar-refractivity contribution is 5.67. The second-order valence-electron chi connectivity index (χ2n) is 10.6. The van der Waals surface area contributed by atoms with Crippen LogP contribution in [0, 0.1) is 10.8 Å². The minimum Gasteiger partial charge on any atom is -0.444 e. The van der Waals surface area contributed by atoms with Gasteiger partial charge in [-0.05, 0) is 50.0 Å². The number of ether oxygens (including phenoxy) is 1. The first kappa shape index (κ1) is 22.9. The van der Waals surface area contributed by atoms with Crippen LogP contribution in [-0.2, 0) is 17.7 Å². The summed E-state index contributed by atoms with van der Waals surface area (Å²) in [6.07, 6.45) is 1.65. The summed E-state index contributed by atoms with van der Waals surface area (Å²) in [6, 6.07) is 8.26. The van der Waals surface area contributed by atoms with Gasteiger partial charge in [0.25, 0.3) is 0 Å². The number of nitrogens with one attached hydrogen (secondary N) is 1. The Hall–Kier alpha value is -2.37. The molecule has 0 spiro atoms. The summed E-state index contributed by atoms with van der Waals surface area (Å²) >= 11 is 0. The van der Waals surface area contributed by atoms with E-state index in [1.54, 1.807) is 0 Å². The third kappa shape index (κ3) is 8.26. The predicted octanol–water partition coefficient (Wildman–Crippen LogP) is 5.77. The predicted molar refractivity (Wildman–Crippen MR) is 114 cm³/mol. The van der Waals surface area contributed by atoms with Crippen molar-refractivity contribution in [3.63, 3.8) is 0 Å². The van der Waals surface area contributed by atoms with Gasteiger partial charge in [-0.15, -0.1) is 0 Å². The second kappa shape index (κ2) is 8.56. The Morgan fingerprint density at radius 3 is 2.21 bits per heavy atom. The van der Waals surface area contributed by atoms with Gasteiger partial charge in [-0.25, -0.2) is 4.79 Å². The smallest absolute Gasteiger partial charge is 0.408 e. The molecule has 0 saturated carbocycles. The fourth-order valence-corrected chi connectivity index (χ4v) is 3.73. The van der Waals surface area contributed by atoms with E-state index >= 15 is 0 Å². The average Bonchev–Trinajstić information content (AvgIpc) is 2.98. The van der Waals surface area contributed by atoms with Crippen LogP contribution in [0.5, 0.6) is 0 Å². The van der Waals surface area contributed by atoms with Gasteiger partial charge < -0.3 is 14.6 Å². The van der Waals surface area contributed by atoms with Gasteiger partial charge in [-0.1, -0.05) is 64.0 Å². The standard InChI is InChI=1S/C23H35N3O3/c1-21(2,3)15-23(7,8)13-16-9-11-17(12-10-16)19-25-18(29-26-19)14-24-20(27)28-22(4,5)6/h9-12H,13-15H2,1-8H3,(H,24,27). The van der Waals surface area contributed by atoms with Crippen molar-refractivity contribution in [2.24, 2.45) is 10.8 Å². The Kier molecular flexibility index (Phi) is 6.76. The van der Waals surface area contributed by atoms with Crippen LogP contribution >= 0.6 is 0 Å². The van der Waals surface area contributed by atoms with Gasteiger partial charge in [-0.3, -0.25) is 0 Å². The molecule has 1 amide bonds. The summed E-state index contributed by atoms with van der Waals surface area (Å²) in [5.74, 6) is 0.840. The maximum absolute atomic E-state index is 11.7. The van der Waals surface area contributed by atoms with Crippen LogP contribution in [0.25, 0.3) is 11.4 Å². The van der Waals surface area contributed by atoms with E-state index in [4.69, 9.17) is 9.26 Å². The summed E-state index contributed by atoms with van der Waals surface area (Å²) in [5, 5.41) is 6.63. The van der Waals surface area contributed by atoms with Crippen LogP contribution in [0.1, 0.15) is 73.3 Å². The van der Waals surface area contributed by atoms with E-state index in [-0.39, 0.29) is 12.0 Å². The lowest BCUT2D eigenvalue weighted by molar-refractivity contribution is 0.0518. The monoisotopic (exact) mass is 401 g/mol. The van der Waals surface area contributed by atoms with Crippen LogP contribution < -0.4 is 5.32 Å². The summed E-state index contributed by atoms with van der Waals surface area (Å²) in [7, 11) is 0. The fraction of sp³-hybridized carbons (Fsp3) is 0.609.